The molecule has 0 aromatic carbocycles. The summed E-state index contributed by atoms with van der Waals surface area (Å²) in [4.78, 5) is 44.7. The van der Waals surface area contributed by atoms with E-state index < -0.39 is 35.7 Å². The fourth-order valence-electron chi connectivity index (χ4n) is 1.38. The van der Waals surface area contributed by atoms with Crippen molar-refractivity contribution in [2.75, 3.05) is 0 Å². The summed E-state index contributed by atoms with van der Waals surface area (Å²) in [6.07, 6.45) is 0.0959. The maximum atomic E-state index is 11.6. The number of hydrogen-bond acceptors (Lipinski definition) is 4. The molecule has 0 aliphatic rings. The molecule has 5 nitrogen and oxygen atoms in total. The minimum atomic E-state index is -1.68. The molecule has 0 saturated heterocycles. The topological polar surface area (TPSA) is 88.5 Å². The van der Waals surface area contributed by atoms with Crippen LogP contribution in [0.3, 0.4) is 0 Å². The van der Waals surface area contributed by atoms with Crippen LogP contribution in [0, 0.1) is 11.8 Å². The summed E-state index contributed by atoms with van der Waals surface area (Å²) in [7, 11) is 0. The van der Waals surface area contributed by atoms with Crippen LogP contribution >= 0.6 is 0 Å². The van der Waals surface area contributed by atoms with E-state index in [0.29, 0.717) is 6.42 Å². The third kappa shape index (κ3) is 5.94. The fraction of sp³-hybridized carbons (Fsp3) is 0.667. The largest absolute Gasteiger partial charge is 0.480 e. The van der Waals surface area contributed by atoms with E-state index >= 15 is 0 Å². The van der Waals surface area contributed by atoms with E-state index in [1.165, 1.54) is 6.92 Å². The summed E-state index contributed by atoms with van der Waals surface area (Å²) >= 11 is 0. The highest BCUT2D eigenvalue weighted by atomic mass is 16.4. The van der Waals surface area contributed by atoms with Gasteiger partial charge >= 0.3 is 5.97 Å². The van der Waals surface area contributed by atoms with Gasteiger partial charge in [0.15, 0.2) is 17.5 Å². The second kappa shape index (κ2) is 6.93. The number of carbonyl (C=O) groups is 4. The van der Waals surface area contributed by atoms with Crippen molar-refractivity contribution in [2.24, 2.45) is 11.8 Å². The highest BCUT2D eigenvalue weighted by Gasteiger charge is 2.33. The molecule has 96 valence electrons. The Hall–Kier alpha value is -1.52. The molecule has 0 heterocycles. The molecule has 0 fully saturated rings. The molecule has 0 amide bonds. The summed E-state index contributed by atoms with van der Waals surface area (Å²) < 4.78 is 0. The summed E-state index contributed by atoms with van der Waals surface area (Å²) in [6.45, 7) is 5.00. The second-order valence-electron chi connectivity index (χ2n) is 4.52. The quantitative estimate of drug-likeness (QED) is 0.647. The van der Waals surface area contributed by atoms with E-state index in [-0.39, 0.29) is 12.3 Å². The van der Waals surface area contributed by atoms with Crippen molar-refractivity contribution >= 4 is 23.3 Å². The van der Waals surface area contributed by atoms with Crippen LogP contribution < -0.4 is 0 Å². The van der Waals surface area contributed by atoms with Crippen LogP contribution in [0.4, 0.5) is 0 Å². The molecule has 0 rings (SSSR count). The molecular formula is C12H18O5. The number of carbonyl (C=O) groups excluding carboxylic acids is 3. The number of rotatable bonds is 8. The van der Waals surface area contributed by atoms with Gasteiger partial charge in [-0.2, -0.15) is 0 Å². The van der Waals surface area contributed by atoms with E-state index in [4.69, 9.17) is 5.11 Å². The van der Waals surface area contributed by atoms with Crippen molar-refractivity contribution in [3.8, 4) is 0 Å². The van der Waals surface area contributed by atoms with Crippen LogP contribution in [0.25, 0.3) is 0 Å². The van der Waals surface area contributed by atoms with Gasteiger partial charge < -0.3 is 5.11 Å². The summed E-state index contributed by atoms with van der Waals surface area (Å²) in [5.41, 5.74) is 0. The maximum absolute atomic E-state index is 11.6. The summed E-state index contributed by atoms with van der Waals surface area (Å²) in [5, 5.41) is 8.84. The molecule has 0 aliphatic heterocycles. The Bertz CT molecular complexity index is 330. The van der Waals surface area contributed by atoms with E-state index in [9.17, 15) is 19.2 Å². The molecule has 0 aliphatic carbocycles. The third-order valence-electron chi connectivity index (χ3n) is 2.28. The summed E-state index contributed by atoms with van der Waals surface area (Å²) in [6, 6.07) is 0. The molecule has 17 heavy (non-hydrogen) atoms. The van der Waals surface area contributed by atoms with Gasteiger partial charge in [0.2, 0.25) is 0 Å². The Labute approximate surface area is 100 Å². The standard InChI is InChI=1S/C12H18O5/c1-7(2)4-5-9(14)11(12(16)17)10(15)6-8(3)13/h7,11H,4-6H2,1-3H3,(H,16,17). The predicted molar refractivity (Wildman–Crippen MR) is 60.5 cm³/mol. The Morgan fingerprint density at radius 2 is 1.59 bits per heavy atom. The van der Waals surface area contributed by atoms with E-state index in [2.05, 4.69) is 0 Å². The minimum absolute atomic E-state index is 0.0538. The molecule has 0 spiro atoms. The highest BCUT2D eigenvalue weighted by molar-refractivity contribution is 6.20. The van der Waals surface area contributed by atoms with E-state index in [0.717, 1.165) is 0 Å². The first-order chi connectivity index (χ1) is 7.75. The lowest BCUT2D eigenvalue weighted by atomic mass is 9.91. The maximum Gasteiger partial charge on any atom is 0.321 e. The smallest absolute Gasteiger partial charge is 0.321 e. The zero-order chi connectivity index (χ0) is 13.6. The van der Waals surface area contributed by atoms with E-state index in [1.807, 2.05) is 13.8 Å². The molecule has 0 radical (unpaired) electrons. The van der Waals surface area contributed by atoms with Gasteiger partial charge in [-0.3, -0.25) is 19.2 Å². The van der Waals surface area contributed by atoms with Crippen molar-refractivity contribution < 1.29 is 24.3 Å². The van der Waals surface area contributed by atoms with Crippen LogP contribution in [0.1, 0.15) is 40.0 Å². The predicted octanol–water partition coefficient (Wildman–Crippen LogP) is 1.24. The van der Waals surface area contributed by atoms with Gasteiger partial charge in [-0.15, -0.1) is 0 Å². The lowest BCUT2D eigenvalue weighted by molar-refractivity contribution is -0.150. The van der Waals surface area contributed by atoms with Crippen LogP contribution in [-0.4, -0.2) is 28.4 Å². The zero-order valence-corrected chi connectivity index (χ0v) is 10.4. The molecule has 1 N–H and O–H groups in total. The van der Waals surface area contributed by atoms with Crippen LogP contribution in [0.2, 0.25) is 0 Å². The molecular weight excluding hydrogens is 224 g/mol. The number of hydrogen-bond donors (Lipinski definition) is 1. The molecule has 0 aromatic heterocycles. The second-order valence-corrected chi connectivity index (χ2v) is 4.52. The number of ketones is 3. The molecule has 1 atom stereocenters. The summed E-state index contributed by atoms with van der Waals surface area (Å²) in [5.74, 6) is -4.76. The van der Waals surface area contributed by atoms with Crippen molar-refractivity contribution in [3.05, 3.63) is 0 Å². The Kier molecular flexibility index (Phi) is 6.31. The molecule has 1 unspecified atom stereocenters. The normalized spacial score (nSPS) is 12.2. The fourth-order valence-corrected chi connectivity index (χ4v) is 1.38. The zero-order valence-electron chi connectivity index (χ0n) is 10.4. The lowest BCUT2D eigenvalue weighted by Gasteiger charge is -2.10. The van der Waals surface area contributed by atoms with E-state index in [1.54, 1.807) is 0 Å². The molecule has 0 aromatic rings. The van der Waals surface area contributed by atoms with Gasteiger partial charge in [0.1, 0.15) is 5.78 Å². The Morgan fingerprint density at radius 1 is 1.06 bits per heavy atom. The molecule has 0 saturated carbocycles. The SMILES string of the molecule is CC(=O)CC(=O)C(C(=O)O)C(=O)CCC(C)C. The van der Waals surface area contributed by atoms with Gasteiger partial charge in [0.05, 0.1) is 6.42 Å². The number of carboxylic acid groups (broad SMARTS) is 1. The highest BCUT2D eigenvalue weighted by Crippen LogP contribution is 2.12. The minimum Gasteiger partial charge on any atom is -0.480 e. The first-order valence-corrected chi connectivity index (χ1v) is 5.53. The average Bonchev–Trinajstić information content (AvgIpc) is 2.12. The van der Waals surface area contributed by atoms with Crippen LogP contribution in [-0.2, 0) is 19.2 Å². The van der Waals surface area contributed by atoms with Crippen molar-refractivity contribution in [2.45, 2.75) is 40.0 Å². The third-order valence-corrected chi connectivity index (χ3v) is 2.28. The monoisotopic (exact) mass is 242 g/mol. The Morgan fingerprint density at radius 3 is 1.94 bits per heavy atom. The molecule has 0 bridgehead atoms. The first-order valence-electron chi connectivity index (χ1n) is 5.53. The van der Waals surface area contributed by atoms with Gasteiger partial charge in [-0.05, 0) is 19.3 Å². The van der Waals surface area contributed by atoms with Crippen molar-refractivity contribution in [1.29, 1.82) is 0 Å². The van der Waals surface area contributed by atoms with Gasteiger partial charge in [0, 0.05) is 6.42 Å². The average molecular weight is 242 g/mol. The van der Waals surface area contributed by atoms with Crippen LogP contribution in [0.15, 0.2) is 0 Å². The molecule has 5 heteroatoms. The Balaban J connectivity index is 4.62. The van der Waals surface area contributed by atoms with Gasteiger partial charge in [0.25, 0.3) is 0 Å². The van der Waals surface area contributed by atoms with Crippen molar-refractivity contribution in [3.63, 3.8) is 0 Å². The number of Topliss-reactive ketones (excluding diaryl/α,β-unsaturated/α-hetero) is 3. The number of carboxylic acids is 1. The van der Waals surface area contributed by atoms with Gasteiger partial charge in [-0.1, -0.05) is 13.8 Å². The van der Waals surface area contributed by atoms with Crippen molar-refractivity contribution in [1.82, 2.24) is 0 Å². The van der Waals surface area contributed by atoms with Gasteiger partial charge in [-0.25, -0.2) is 0 Å². The first kappa shape index (κ1) is 15.5. The van der Waals surface area contributed by atoms with Crippen LogP contribution in [0.5, 0.6) is 0 Å². The lowest BCUT2D eigenvalue weighted by Crippen LogP contribution is -2.32. The number of aliphatic carboxylic acids is 1.